The van der Waals surface area contributed by atoms with Gasteiger partial charge in [-0.1, -0.05) is 6.07 Å². The SMILES string of the molecule is CN1CC[C@@H](O)[C@@H](Cc2ccccn2)C1. The van der Waals surface area contributed by atoms with Crippen LogP contribution >= 0.6 is 0 Å². The molecule has 0 radical (unpaired) electrons. The standard InChI is InChI=1S/C12H18N2O/c1-14-7-5-12(15)10(9-14)8-11-4-2-3-6-13-11/h2-4,6,10,12,15H,5,7-9H2,1H3/t10-,12+/m0/s1. The summed E-state index contributed by atoms with van der Waals surface area (Å²) in [6.07, 6.45) is 3.41. The molecule has 82 valence electrons. The number of aliphatic hydroxyl groups excluding tert-OH is 1. The summed E-state index contributed by atoms with van der Waals surface area (Å²) in [5, 5.41) is 9.89. The van der Waals surface area contributed by atoms with E-state index in [2.05, 4.69) is 16.9 Å². The Balaban J connectivity index is 1.98. The quantitative estimate of drug-likeness (QED) is 0.782. The molecule has 2 heterocycles. The minimum absolute atomic E-state index is 0.164. The van der Waals surface area contributed by atoms with Crippen molar-refractivity contribution in [1.29, 1.82) is 0 Å². The molecule has 1 aromatic heterocycles. The highest BCUT2D eigenvalue weighted by molar-refractivity contribution is 5.05. The van der Waals surface area contributed by atoms with Gasteiger partial charge in [-0.05, 0) is 32.0 Å². The summed E-state index contributed by atoms with van der Waals surface area (Å²) >= 11 is 0. The fourth-order valence-corrected chi connectivity index (χ4v) is 2.19. The topological polar surface area (TPSA) is 36.4 Å². The molecule has 1 aliphatic rings. The fourth-order valence-electron chi connectivity index (χ4n) is 2.19. The zero-order valence-electron chi connectivity index (χ0n) is 9.13. The second-order valence-corrected chi connectivity index (χ2v) is 4.40. The second kappa shape index (κ2) is 4.73. The first-order chi connectivity index (χ1) is 7.25. The van der Waals surface area contributed by atoms with Crippen LogP contribution in [0, 0.1) is 5.92 Å². The maximum absolute atomic E-state index is 9.89. The molecule has 0 bridgehead atoms. The van der Waals surface area contributed by atoms with Crippen molar-refractivity contribution in [2.45, 2.75) is 18.9 Å². The van der Waals surface area contributed by atoms with Gasteiger partial charge in [-0.2, -0.15) is 0 Å². The third kappa shape index (κ3) is 2.76. The Morgan fingerprint density at radius 2 is 2.40 bits per heavy atom. The molecule has 2 atom stereocenters. The van der Waals surface area contributed by atoms with Crippen molar-refractivity contribution in [1.82, 2.24) is 9.88 Å². The van der Waals surface area contributed by atoms with E-state index in [1.807, 2.05) is 24.4 Å². The van der Waals surface area contributed by atoms with E-state index in [1.165, 1.54) is 0 Å². The van der Waals surface area contributed by atoms with Gasteiger partial charge in [-0.25, -0.2) is 0 Å². The Kier molecular flexibility index (Phi) is 3.34. The Morgan fingerprint density at radius 3 is 3.13 bits per heavy atom. The summed E-state index contributed by atoms with van der Waals surface area (Å²) in [6.45, 7) is 1.97. The van der Waals surface area contributed by atoms with Gasteiger partial charge in [0.25, 0.3) is 0 Å². The van der Waals surface area contributed by atoms with Gasteiger partial charge in [0.15, 0.2) is 0 Å². The van der Waals surface area contributed by atoms with Crippen LogP contribution in [0.3, 0.4) is 0 Å². The molecule has 0 spiro atoms. The normalized spacial score (nSPS) is 27.9. The van der Waals surface area contributed by atoms with Crippen LogP contribution in [0.5, 0.6) is 0 Å². The van der Waals surface area contributed by atoms with Gasteiger partial charge in [0.1, 0.15) is 0 Å². The van der Waals surface area contributed by atoms with Gasteiger partial charge in [-0.15, -0.1) is 0 Å². The number of nitrogens with zero attached hydrogens (tertiary/aromatic N) is 2. The van der Waals surface area contributed by atoms with Gasteiger partial charge in [0, 0.05) is 30.9 Å². The number of aliphatic hydroxyl groups is 1. The minimum atomic E-state index is -0.164. The van der Waals surface area contributed by atoms with Crippen molar-refractivity contribution in [3.05, 3.63) is 30.1 Å². The van der Waals surface area contributed by atoms with E-state index in [-0.39, 0.29) is 6.10 Å². The summed E-state index contributed by atoms with van der Waals surface area (Å²) in [6, 6.07) is 5.95. The third-order valence-corrected chi connectivity index (χ3v) is 3.09. The van der Waals surface area contributed by atoms with Crippen LogP contribution in [0.4, 0.5) is 0 Å². The number of hydrogen-bond acceptors (Lipinski definition) is 3. The van der Waals surface area contributed by atoms with E-state index in [1.54, 1.807) is 0 Å². The van der Waals surface area contributed by atoms with E-state index >= 15 is 0 Å². The second-order valence-electron chi connectivity index (χ2n) is 4.40. The summed E-state index contributed by atoms with van der Waals surface area (Å²) < 4.78 is 0. The van der Waals surface area contributed by atoms with Gasteiger partial charge in [0.05, 0.1) is 6.10 Å². The number of aromatic nitrogens is 1. The molecule has 0 amide bonds. The van der Waals surface area contributed by atoms with Crippen LogP contribution in [0.1, 0.15) is 12.1 Å². The Bertz CT molecular complexity index is 302. The van der Waals surface area contributed by atoms with Crippen molar-refractivity contribution < 1.29 is 5.11 Å². The van der Waals surface area contributed by atoms with Crippen LogP contribution in [-0.4, -0.2) is 41.2 Å². The monoisotopic (exact) mass is 206 g/mol. The lowest BCUT2D eigenvalue weighted by molar-refractivity contribution is 0.0362. The molecule has 0 aliphatic carbocycles. The number of likely N-dealkylation sites (tertiary alicyclic amines) is 1. The van der Waals surface area contributed by atoms with Crippen molar-refractivity contribution in [2.24, 2.45) is 5.92 Å². The van der Waals surface area contributed by atoms with Gasteiger partial charge in [0.2, 0.25) is 0 Å². The first-order valence-corrected chi connectivity index (χ1v) is 5.52. The van der Waals surface area contributed by atoms with E-state index in [4.69, 9.17) is 0 Å². The van der Waals surface area contributed by atoms with Crippen LogP contribution in [0.25, 0.3) is 0 Å². The van der Waals surface area contributed by atoms with Gasteiger partial charge >= 0.3 is 0 Å². The van der Waals surface area contributed by atoms with Crippen LogP contribution in [-0.2, 0) is 6.42 Å². The van der Waals surface area contributed by atoms with Gasteiger partial charge < -0.3 is 10.0 Å². The molecule has 3 heteroatoms. The highest BCUT2D eigenvalue weighted by atomic mass is 16.3. The molecule has 1 N–H and O–H groups in total. The average Bonchev–Trinajstić information content (AvgIpc) is 2.25. The average molecular weight is 206 g/mol. The number of rotatable bonds is 2. The number of hydrogen-bond donors (Lipinski definition) is 1. The zero-order chi connectivity index (χ0) is 10.7. The smallest absolute Gasteiger partial charge is 0.0596 e. The molecule has 0 unspecified atom stereocenters. The molecule has 0 saturated carbocycles. The fraction of sp³-hybridized carbons (Fsp3) is 0.583. The van der Waals surface area contributed by atoms with Crippen molar-refractivity contribution in [2.75, 3.05) is 20.1 Å². The Labute approximate surface area is 90.8 Å². The molecular formula is C12H18N2O. The summed E-state index contributed by atoms with van der Waals surface area (Å²) in [7, 11) is 2.11. The lowest BCUT2D eigenvalue weighted by atomic mass is 9.90. The third-order valence-electron chi connectivity index (χ3n) is 3.09. The predicted octanol–water partition coefficient (Wildman–Crippen LogP) is 0.937. The first-order valence-electron chi connectivity index (χ1n) is 5.52. The molecule has 0 aromatic carbocycles. The first kappa shape index (κ1) is 10.6. The molecule has 3 nitrogen and oxygen atoms in total. The van der Waals surface area contributed by atoms with Crippen LogP contribution < -0.4 is 0 Å². The molecule has 15 heavy (non-hydrogen) atoms. The van der Waals surface area contributed by atoms with E-state index in [9.17, 15) is 5.11 Å². The largest absolute Gasteiger partial charge is 0.393 e. The van der Waals surface area contributed by atoms with Crippen LogP contribution in [0.2, 0.25) is 0 Å². The maximum atomic E-state index is 9.89. The van der Waals surface area contributed by atoms with Crippen molar-refractivity contribution in [3.63, 3.8) is 0 Å². The van der Waals surface area contributed by atoms with Crippen molar-refractivity contribution in [3.8, 4) is 0 Å². The molecule has 2 rings (SSSR count). The van der Waals surface area contributed by atoms with Crippen molar-refractivity contribution >= 4 is 0 Å². The molecule has 1 aliphatic heterocycles. The Morgan fingerprint density at radius 1 is 1.53 bits per heavy atom. The molecular weight excluding hydrogens is 188 g/mol. The minimum Gasteiger partial charge on any atom is -0.393 e. The zero-order valence-corrected chi connectivity index (χ0v) is 9.13. The lowest BCUT2D eigenvalue weighted by Gasteiger charge is -2.33. The highest BCUT2D eigenvalue weighted by Gasteiger charge is 2.26. The van der Waals surface area contributed by atoms with Crippen LogP contribution in [0.15, 0.2) is 24.4 Å². The van der Waals surface area contributed by atoms with E-state index in [0.717, 1.165) is 31.6 Å². The summed E-state index contributed by atoms with van der Waals surface area (Å²) in [4.78, 5) is 6.58. The highest BCUT2D eigenvalue weighted by Crippen LogP contribution is 2.19. The van der Waals surface area contributed by atoms with E-state index in [0.29, 0.717) is 5.92 Å². The lowest BCUT2D eigenvalue weighted by Crippen LogP contribution is -2.42. The maximum Gasteiger partial charge on any atom is 0.0596 e. The number of piperidine rings is 1. The van der Waals surface area contributed by atoms with E-state index < -0.39 is 0 Å². The predicted molar refractivity (Wildman–Crippen MR) is 59.6 cm³/mol. The molecule has 1 fully saturated rings. The molecule has 1 saturated heterocycles. The summed E-state index contributed by atoms with van der Waals surface area (Å²) in [5.41, 5.74) is 1.08. The Hall–Kier alpha value is -0.930. The summed E-state index contributed by atoms with van der Waals surface area (Å²) in [5.74, 6) is 0.332. The van der Waals surface area contributed by atoms with Gasteiger partial charge in [-0.3, -0.25) is 4.98 Å². The molecule has 1 aromatic rings. The number of pyridine rings is 1.